The number of hydrogen-bond donors (Lipinski definition) is 1. The number of hydrogen-bond acceptors (Lipinski definition) is 4. The van der Waals surface area contributed by atoms with Crippen molar-refractivity contribution in [3.05, 3.63) is 52.3 Å². The fourth-order valence-corrected chi connectivity index (χ4v) is 4.32. The first-order chi connectivity index (χ1) is 12.3. The largest absolute Gasteiger partial charge is 0.347 e. The smallest absolute Gasteiger partial charge is 0.272 e. The van der Waals surface area contributed by atoms with Crippen molar-refractivity contribution in [1.82, 2.24) is 19.4 Å². The highest BCUT2D eigenvalue weighted by molar-refractivity contribution is 7.89. The molecule has 2 aromatic rings. The molecule has 1 aliphatic heterocycles. The molecule has 1 aliphatic rings. The van der Waals surface area contributed by atoms with Crippen LogP contribution in [-0.2, 0) is 36.6 Å². The number of aromatic nitrogens is 2. The first-order valence-corrected chi connectivity index (χ1v) is 10.3. The van der Waals surface area contributed by atoms with Gasteiger partial charge in [-0.2, -0.15) is 9.40 Å². The summed E-state index contributed by atoms with van der Waals surface area (Å²) in [4.78, 5) is 12.7. The van der Waals surface area contributed by atoms with Gasteiger partial charge in [0.1, 0.15) is 0 Å². The number of sulfonamides is 1. The lowest BCUT2D eigenvalue weighted by Crippen LogP contribution is -2.38. The summed E-state index contributed by atoms with van der Waals surface area (Å²) in [5, 5.41) is 7.24. The summed E-state index contributed by atoms with van der Waals surface area (Å²) in [5.74, 6) is -0.226. The van der Waals surface area contributed by atoms with Crippen molar-refractivity contribution < 1.29 is 13.2 Å². The van der Waals surface area contributed by atoms with Gasteiger partial charge in [0.15, 0.2) is 5.69 Å². The summed E-state index contributed by atoms with van der Waals surface area (Å²) in [6.07, 6.45) is 0.559. The maximum Gasteiger partial charge on any atom is 0.272 e. The molecule has 0 fully saturated rings. The Balaban J connectivity index is 1.80. The normalized spacial score (nSPS) is 14.9. The third-order valence-electron chi connectivity index (χ3n) is 4.72. The van der Waals surface area contributed by atoms with Gasteiger partial charge in [-0.3, -0.25) is 9.48 Å². The Bertz CT molecular complexity index is 934. The molecule has 1 aromatic heterocycles. The van der Waals surface area contributed by atoms with Crippen LogP contribution in [0.3, 0.4) is 0 Å². The standard InChI is InChI=1S/C18H24N4O3S/c1-4-26(24,25)22-9-8-16-15(12-22)17(20-21(16)3)18(23)19-11-14-7-5-6-13(2)10-14/h5-7,10H,4,8-9,11-12H2,1-3H3,(H,19,23). The molecule has 1 amide bonds. The lowest BCUT2D eigenvalue weighted by atomic mass is 10.1. The Labute approximate surface area is 154 Å². The summed E-state index contributed by atoms with van der Waals surface area (Å²) >= 11 is 0. The Morgan fingerprint density at radius 3 is 2.81 bits per heavy atom. The van der Waals surface area contributed by atoms with Crippen LogP contribution in [0.5, 0.6) is 0 Å². The Hall–Kier alpha value is -2.19. The summed E-state index contributed by atoms with van der Waals surface area (Å²) in [5.41, 5.74) is 4.09. The van der Waals surface area contributed by atoms with Crippen molar-refractivity contribution in [3.8, 4) is 0 Å². The zero-order valence-electron chi connectivity index (χ0n) is 15.3. The van der Waals surface area contributed by atoms with Gasteiger partial charge in [0.2, 0.25) is 10.0 Å². The number of nitrogens with zero attached hydrogens (tertiary/aromatic N) is 3. The van der Waals surface area contributed by atoms with Crippen LogP contribution in [0.25, 0.3) is 0 Å². The van der Waals surface area contributed by atoms with Crippen LogP contribution >= 0.6 is 0 Å². The van der Waals surface area contributed by atoms with Crippen LogP contribution in [0.1, 0.15) is 39.8 Å². The second kappa shape index (κ2) is 7.20. The number of fused-ring (bicyclic) bond motifs is 1. The number of carbonyl (C=O) groups excluding carboxylic acids is 1. The van der Waals surface area contributed by atoms with Crippen LogP contribution in [0.15, 0.2) is 24.3 Å². The van der Waals surface area contributed by atoms with Gasteiger partial charge in [-0.1, -0.05) is 29.8 Å². The minimum absolute atomic E-state index is 0.0531. The molecule has 140 valence electrons. The predicted octanol–water partition coefficient (Wildman–Crippen LogP) is 1.37. The molecule has 1 N–H and O–H groups in total. The van der Waals surface area contributed by atoms with Gasteiger partial charge in [-0.15, -0.1) is 0 Å². The van der Waals surface area contributed by atoms with Crippen LogP contribution in [0.2, 0.25) is 0 Å². The van der Waals surface area contributed by atoms with Gasteiger partial charge in [-0.25, -0.2) is 8.42 Å². The highest BCUT2D eigenvalue weighted by Crippen LogP contribution is 2.24. The molecule has 7 nitrogen and oxygen atoms in total. The maximum absolute atomic E-state index is 12.7. The first-order valence-electron chi connectivity index (χ1n) is 8.68. The van der Waals surface area contributed by atoms with E-state index in [4.69, 9.17) is 0 Å². The molecule has 0 spiro atoms. The van der Waals surface area contributed by atoms with Gasteiger partial charge in [0.05, 0.1) is 5.75 Å². The lowest BCUT2D eigenvalue weighted by molar-refractivity contribution is 0.0943. The Kier molecular flexibility index (Phi) is 5.15. The molecule has 0 aliphatic carbocycles. The van der Waals surface area contributed by atoms with Crippen molar-refractivity contribution in [2.45, 2.75) is 33.4 Å². The van der Waals surface area contributed by atoms with Crippen molar-refractivity contribution in [3.63, 3.8) is 0 Å². The van der Waals surface area contributed by atoms with E-state index < -0.39 is 10.0 Å². The summed E-state index contributed by atoms with van der Waals surface area (Å²) < 4.78 is 27.5. The summed E-state index contributed by atoms with van der Waals surface area (Å²) in [6, 6.07) is 7.93. The molecule has 8 heteroatoms. The summed E-state index contributed by atoms with van der Waals surface area (Å²) in [7, 11) is -1.50. The van der Waals surface area contributed by atoms with Crippen molar-refractivity contribution >= 4 is 15.9 Å². The first kappa shape index (κ1) is 18.6. The SMILES string of the molecule is CCS(=O)(=O)N1CCc2c(c(C(=O)NCc3cccc(C)c3)nn2C)C1. The number of carbonyl (C=O) groups is 1. The number of amides is 1. The van der Waals surface area contributed by atoms with Gasteiger partial charge in [-0.05, 0) is 19.4 Å². The molecule has 2 heterocycles. The van der Waals surface area contributed by atoms with Crippen molar-refractivity contribution in [2.75, 3.05) is 12.3 Å². The van der Waals surface area contributed by atoms with E-state index in [1.807, 2.05) is 31.2 Å². The minimum atomic E-state index is -3.29. The molecule has 0 bridgehead atoms. The van der Waals surface area contributed by atoms with E-state index in [2.05, 4.69) is 10.4 Å². The van der Waals surface area contributed by atoms with Crippen molar-refractivity contribution in [2.24, 2.45) is 7.05 Å². The van der Waals surface area contributed by atoms with E-state index >= 15 is 0 Å². The fraction of sp³-hybridized carbons (Fsp3) is 0.444. The monoisotopic (exact) mass is 376 g/mol. The third kappa shape index (κ3) is 3.66. The summed E-state index contributed by atoms with van der Waals surface area (Å²) in [6.45, 7) is 4.66. The van der Waals surface area contributed by atoms with E-state index in [0.29, 0.717) is 30.8 Å². The zero-order valence-corrected chi connectivity index (χ0v) is 16.1. The van der Waals surface area contributed by atoms with Crippen LogP contribution < -0.4 is 5.32 Å². The molecule has 0 saturated heterocycles. The zero-order chi connectivity index (χ0) is 18.9. The second-order valence-electron chi connectivity index (χ2n) is 6.55. The molecular weight excluding hydrogens is 352 g/mol. The number of nitrogens with one attached hydrogen (secondary N) is 1. The van der Waals surface area contributed by atoms with E-state index in [9.17, 15) is 13.2 Å². The topological polar surface area (TPSA) is 84.3 Å². The van der Waals surface area contributed by atoms with E-state index in [0.717, 1.165) is 16.8 Å². The van der Waals surface area contributed by atoms with Crippen molar-refractivity contribution in [1.29, 1.82) is 0 Å². The van der Waals surface area contributed by atoms with E-state index in [1.165, 1.54) is 4.31 Å². The quantitative estimate of drug-likeness (QED) is 0.854. The molecule has 0 atom stereocenters. The molecule has 0 unspecified atom stereocenters. The number of rotatable bonds is 5. The predicted molar refractivity (Wildman–Crippen MR) is 99.1 cm³/mol. The minimum Gasteiger partial charge on any atom is -0.347 e. The van der Waals surface area contributed by atoms with Crippen LogP contribution in [0, 0.1) is 6.92 Å². The third-order valence-corrected chi connectivity index (χ3v) is 6.54. The Morgan fingerprint density at radius 2 is 2.12 bits per heavy atom. The van der Waals surface area contributed by atoms with Gasteiger partial charge in [0.25, 0.3) is 5.91 Å². The molecule has 26 heavy (non-hydrogen) atoms. The highest BCUT2D eigenvalue weighted by atomic mass is 32.2. The average Bonchev–Trinajstić information content (AvgIpc) is 2.96. The molecule has 3 rings (SSSR count). The average molecular weight is 376 g/mol. The fourth-order valence-electron chi connectivity index (χ4n) is 3.26. The Morgan fingerprint density at radius 1 is 1.35 bits per heavy atom. The van der Waals surface area contributed by atoms with E-state index in [1.54, 1.807) is 18.7 Å². The number of aryl methyl sites for hydroxylation is 2. The van der Waals surface area contributed by atoms with Gasteiger partial charge in [0, 0.05) is 44.4 Å². The van der Waals surface area contributed by atoms with E-state index in [-0.39, 0.29) is 18.2 Å². The molecule has 0 saturated carbocycles. The highest BCUT2D eigenvalue weighted by Gasteiger charge is 2.31. The molecule has 0 radical (unpaired) electrons. The number of benzene rings is 1. The van der Waals surface area contributed by atoms with Gasteiger partial charge < -0.3 is 5.32 Å². The molecular formula is C18H24N4O3S. The van der Waals surface area contributed by atoms with Gasteiger partial charge >= 0.3 is 0 Å². The lowest BCUT2D eigenvalue weighted by Gasteiger charge is -2.26. The molecule has 1 aromatic carbocycles. The maximum atomic E-state index is 12.7. The van der Waals surface area contributed by atoms with Crippen LogP contribution in [0.4, 0.5) is 0 Å². The second-order valence-corrected chi connectivity index (χ2v) is 8.81. The van der Waals surface area contributed by atoms with Crippen LogP contribution in [-0.4, -0.2) is 40.7 Å².